The highest BCUT2D eigenvalue weighted by Gasteiger charge is 2.21. The zero-order chi connectivity index (χ0) is 19.1. The Hall–Kier alpha value is -0.000000000000000111. The molecule has 0 unspecified atom stereocenters. The molecule has 148 valence electrons. The second kappa shape index (κ2) is 15.1. The van der Waals surface area contributed by atoms with Crippen LogP contribution in [0, 0.1) is 0 Å². The van der Waals surface area contributed by atoms with Gasteiger partial charge >= 0.3 is 5.97 Å². The molecule has 0 aliphatic carbocycles. The third-order valence-corrected chi connectivity index (χ3v) is 4.13. The van der Waals surface area contributed by atoms with Crippen molar-refractivity contribution in [3.05, 3.63) is 12.2 Å². The molecule has 0 heterocycles. The molecule has 0 aliphatic rings. The molecule has 0 fully saturated rings. The molecule has 25 heavy (non-hydrogen) atoms. The van der Waals surface area contributed by atoms with Gasteiger partial charge in [-0.2, -0.15) is 0 Å². The fourth-order valence-corrected chi connectivity index (χ4v) is 2.51. The van der Waals surface area contributed by atoms with Gasteiger partial charge < -0.3 is 14.9 Å². The van der Waals surface area contributed by atoms with Crippen LogP contribution in [0.15, 0.2) is 12.2 Å². The second-order valence-corrected chi connectivity index (χ2v) is 8.77. The molecule has 7 heteroatoms. The highest BCUT2D eigenvalue weighted by Crippen LogP contribution is 2.25. The number of rotatable bonds is 14. The van der Waals surface area contributed by atoms with Crippen LogP contribution in [0.5, 0.6) is 0 Å². The monoisotopic (exact) mass is 416 g/mol. The first-order chi connectivity index (χ1) is 11.8. The van der Waals surface area contributed by atoms with E-state index in [1.807, 2.05) is 0 Å². The van der Waals surface area contributed by atoms with Crippen LogP contribution in [0.2, 0.25) is 0 Å². The molecule has 0 amide bonds. The van der Waals surface area contributed by atoms with Crippen molar-refractivity contribution in [2.24, 2.45) is 0 Å². The molecular weight excluding hydrogens is 387 g/mol. The van der Waals surface area contributed by atoms with E-state index in [9.17, 15) is 15.0 Å². The Morgan fingerprint density at radius 1 is 1.00 bits per heavy atom. The summed E-state index contributed by atoms with van der Waals surface area (Å²) in [4.78, 5) is 11.4. The molecule has 2 N–H and O–H groups in total. The van der Waals surface area contributed by atoms with Gasteiger partial charge in [0.1, 0.15) is 6.61 Å². The standard InChI is InChI=1S/C18H31Cl3O4/c1-2-3-4-5-6-7-8-9-10-11-15(22)16(23)12-13-17(24)25-14-18(19,20)21/h12-13,15-16,22-23H,2-11,14H2,1H3/b13-12+/t15-,16-/m0/s1. The highest BCUT2D eigenvalue weighted by atomic mass is 35.6. The van der Waals surface area contributed by atoms with E-state index in [0.717, 1.165) is 25.3 Å². The van der Waals surface area contributed by atoms with Crippen LogP contribution in [0.1, 0.15) is 71.1 Å². The maximum absolute atomic E-state index is 11.4. The summed E-state index contributed by atoms with van der Waals surface area (Å²) in [5.41, 5.74) is 0. The zero-order valence-electron chi connectivity index (χ0n) is 14.9. The van der Waals surface area contributed by atoms with E-state index in [2.05, 4.69) is 11.7 Å². The number of unbranched alkanes of at least 4 members (excludes halogenated alkanes) is 8. The Morgan fingerprint density at radius 2 is 1.52 bits per heavy atom. The van der Waals surface area contributed by atoms with Crippen LogP contribution >= 0.6 is 34.8 Å². The van der Waals surface area contributed by atoms with Crippen LogP contribution in [-0.2, 0) is 9.53 Å². The first-order valence-electron chi connectivity index (χ1n) is 9.04. The molecule has 4 nitrogen and oxygen atoms in total. The number of ether oxygens (including phenoxy) is 1. The molecule has 0 spiro atoms. The average molecular weight is 418 g/mol. The number of hydrogen-bond acceptors (Lipinski definition) is 4. The van der Waals surface area contributed by atoms with E-state index >= 15 is 0 Å². The number of alkyl halides is 3. The first kappa shape index (κ1) is 25.0. The average Bonchev–Trinajstić information content (AvgIpc) is 2.55. The summed E-state index contributed by atoms with van der Waals surface area (Å²) in [6, 6.07) is 0. The lowest BCUT2D eigenvalue weighted by Gasteiger charge is -2.14. The molecule has 0 rings (SSSR count). The highest BCUT2D eigenvalue weighted by molar-refractivity contribution is 6.67. The lowest BCUT2D eigenvalue weighted by molar-refractivity contribution is -0.137. The van der Waals surface area contributed by atoms with E-state index < -0.39 is 22.0 Å². The SMILES string of the molecule is CCCCCCCCCCC[C@H](O)[C@@H](O)/C=C/C(=O)OCC(Cl)(Cl)Cl. The smallest absolute Gasteiger partial charge is 0.330 e. The van der Waals surface area contributed by atoms with Crippen molar-refractivity contribution in [3.63, 3.8) is 0 Å². The molecule has 2 atom stereocenters. The Balaban J connectivity index is 3.72. The third-order valence-electron chi connectivity index (χ3n) is 3.81. The van der Waals surface area contributed by atoms with Crippen molar-refractivity contribution < 1.29 is 19.7 Å². The molecule has 0 bridgehead atoms. The molecule has 0 radical (unpaired) electrons. The summed E-state index contributed by atoms with van der Waals surface area (Å²) in [6.07, 6.45) is 11.4. The molecule has 0 saturated heterocycles. The summed E-state index contributed by atoms with van der Waals surface area (Å²) >= 11 is 16.4. The molecular formula is C18H31Cl3O4. The Labute approximate surface area is 166 Å². The van der Waals surface area contributed by atoms with Crippen molar-refractivity contribution in [3.8, 4) is 0 Å². The fraction of sp³-hybridized carbons (Fsp3) is 0.833. The number of aliphatic hydroxyl groups excluding tert-OH is 2. The van der Waals surface area contributed by atoms with Gasteiger partial charge in [-0.1, -0.05) is 99.5 Å². The van der Waals surface area contributed by atoms with Crippen molar-refractivity contribution in [1.82, 2.24) is 0 Å². The van der Waals surface area contributed by atoms with Crippen LogP contribution in [0.3, 0.4) is 0 Å². The topological polar surface area (TPSA) is 66.8 Å². The normalized spacial score (nSPS) is 14.6. The van der Waals surface area contributed by atoms with E-state index in [1.165, 1.54) is 44.6 Å². The summed E-state index contributed by atoms with van der Waals surface area (Å²) in [5, 5.41) is 19.7. The number of esters is 1. The largest absolute Gasteiger partial charge is 0.458 e. The van der Waals surface area contributed by atoms with Gasteiger partial charge in [-0.25, -0.2) is 4.79 Å². The molecule has 0 aromatic heterocycles. The quantitative estimate of drug-likeness (QED) is 0.179. The molecule has 0 aliphatic heterocycles. The van der Waals surface area contributed by atoms with Gasteiger partial charge in [0.15, 0.2) is 0 Å². The van der Waals surface area contributed by atoms with Crippen LogP contribution < -0.4 is 0 Å². The van der Waals surface area contributed by atoms with Gasteiger partial charge in [0, 0.05) is 6.08 Å². The minimum atomic E-state index is -1.67. The van der Waals surface area contributed by atoms with Gasteiger partial charge in [0.25, 0.3) is 0 Å². The first-order valence-corrected chi connectivity index (χ1v) is 10.2. The molecule has 0 aromatic rings. The fourth-order valence-electron chi connectivity index (χ4n) is 2.34. The lowest BCUT2D eigenvalue weighted by Crippen LogP contribution is -2.24. The van der Waals surface area contributed by atoms with Gasteiger partial charge in [-0.05, 0) is 12.5 Å². The minimum absolute atomic E-state index is 0.377. The summed E-state index contributed by atoms with van der Waals surface area (Å²) < 4.78 is 3.01. The minimum Gasteiger partial charge on any atom is -0.458 e. The van der Waals surface area contributed by atoms with Crippen molar-refractivity contribution in [2.75, 3.05) is 6.61 Å². The van der Waals surface area contributed by atoms with Crippen molar-refractivity contribution in [2.45, 2.75) is 87.1 Å². The van der Waals surface area contributed by atoms with Gasteiger partial charge in [-0.3, -0.25) is 0 Å². The Bertz CT molecular complexity index is 370. The summed E-state index contributed by atoms with van der Waals surface area (Å²) in [6.45, 7) is 1.83. The van der Waals surface area contributed by atoms with Crippen LogP contribution in [0.4, 0.5) is 0 Å². The maximum Gasteiger partial charge on any atom is 0.330 e. The molecule has 0 saturated carbocycles. The zero-order valence-corrected chi connectivity index (χ0v) is 17.2. The van der Waals surface area contributed by atoms with Crippen molar-refractivity contribution >= 4 is 40.8 Å². The molecule has 0 aromatic carbocycles. The van der Waals surface area contributed by atoms with Crippen molar-refractivity contribution in [1.29, 1.82) is 0 Å². The number of carbonyl (C=O) groups excluding carboxylic acids is 1. The van der Waals surface area contributed by atoms with E-state index in [1.54, 1.807) is 0 Å². The Morgan fingerprint density at radius 3 is 2.04 bits per heavy atom. The number of hydrogen-bond donors (Lipinski definition) is 2. The summed E-state index contributed by atoms with van der Waals surface area (Å²) in [5.74, 6) is -0.736. The van der Waals surface area contributed by atoms with Gasteiger partial charge in [0.2, 0.25) is 3.79 Å². The summed E-state index contributed by atoms with van der Waals surface area (Å²) in [7, 11) is 0. The van der Waals surface area contributed by atoms with E-state index in [-0.39, 0.29) is 6.61 Å². The number of halogens is 3. The predicted molar refractivity (Wildman–Crippen MR) is 104 cm³/mol. The third kappa shape index (κ3) is 17.2. The maximum atomic E-state index is 11.4. The van der Waals surface area contributed by atoms with Crippen LogP contribution in [-0.4, -0.2) is 38.8 Å². The van der Waals surface area contributed by atoms with Gasteiger partial charge in [-0.15, -0.1) is 0 Å². The number of aliphatic hydroxyl groups is 2. The van der Waals surface area contributed by atoms with Gasteiger partial charge in [0.05, 0.1) is 12.2 Å². The predicted octanol–water partition coefficient (Wildman–Crippen LogP) is 5.10. The Kier molecular flexibility index (Phi) is 15.1. The van der Waals surface area contributed by atoms with E-state index in [4.69, 9.17) is 34.8 Å². The van der Waals surface area contributed by atoms with E-state index in [0.29, 0.717) is 6.42 Å². The lowest BCUT2D eigenvalue weighted by atomic mass is 10.0. The number of carbonyl (C=O) groups is 1. The second-order valence-electron chi connectivity index (χ2n) is 6.26. The van der Waals surface area contributed by atoms with Crippen LogP contribution in [0.25, 0.3) is 0 Å².